The Morgan fingerprint density at radius 3 is 1.62 bits per heavy atom. The summed E-state index contributed by atoms with van der Waals surface area (Å²) < 4.78 is 17.9. The third-order valence-electron chi connectivity index (χ3n) is 6.73. The van der Waals surface area contributed by atoms with Crippen LogP contribution in [0.2, 0.25) is 0 Å². The fourth-order valence-electron chi connectivity index (χ4n) is 5.08. The summed E-state index contributed by atoms with van der Waals surface area (Å²) in [5.41, 5.74) is -0.0873. The molecule has 0 bridgehead atoms. The average Bonchev–Trinajstić information content (AvgIpc) is 3.24. The van der Waals surface area contributed by atoms with Crippen LogP contribution in [-0.4, -0.2) is 47.9 Å². The molecule has 4 rings (SSSR count). The lowest BCUT2D eigenvalue weighted by molar-refractivity contribution is -0.152. The SMILES string of the molecule is COC(=O)[C@@]1(C)C[C@@H](OC(c2ccccc2)(c2ccccc2)c2ccccc2)CN1C(=O)OC(C)(C)C. The van der Waals surface area contributed by atoms with Crippen LogP contribution in [-0.2, 0) is 24.6 Å². The number of benzene rings is 3. The first-order valence-corrected chi connectivity index (χ1v) is 12.5. The van der Waals surface area contributed by atoms with Gasteiger partial charge in [0.25, 0.3) is 0 Å². The summed E-state index contributed by atoms with van der Waals surface area (Å²) >= 11 is 0. The zero-order valence-corrected chi connectivity index (χ0v) is 22.1. The van der Waals surface area contributed by atoms with Crippen LogP contribution in [0.25, 0.3) is 0 Å². The monoisotopic (exact) mass is 501 g/mol. The molecule has 1 aliphatic heterocycles. The molecule has 0 radical (unpaired) electrons. The number of carbonyl (C=O) groups is 2. The molecule has 3 aromatic rings. The van der Waals surface area contributed by atoms with Gasteiger partial charge in [-0.1, -0.05) is 91.0 Å². The molecule has 37 heavy (non-hydrogen) atoms. The Bertz CT molecular complexity index is 1110. The number of hydrogen-bond donors (Lipinski definition) is 0. The predicted molar refractivity (Wildman–Crippen MR) is 142 cm³/mol. The Morgan fingerprint density at radius 1 is 0.811 bits per heavy atom. The Kier molecular flexibility index (Phi) is 7.42. The lowest BCUT2D eigenvalue weighted by Gasteiger charge is -2.38. The van der Waals surface area contributed by atoms with E-state index in [2.05, 4.69) is 0 Å². The number of amides is 1. The van der Waals surface area contributed by atoms with E-state index in [9.17, 15) is 9.59 Å². The van der Waals surface area contributed by atoms with Crippen molar-refractivity contribution in [3.63, 3.8) is 0 Å². The maximum Gasteiger partial charge on any atom is 0.411 e. The minimum Gasteiger partial charge on any atom is -0.467 e. The molecule has 1 heterocycles. The van der Waals surface area contributed by atoms with Crippen LogP contribution in [0.15, 0.2) is 91.0 Å². The Hall–Kier alpha value is -3.64. The van der Waals surface area contributed by atoms with Gasteiger partial charge in [-0.3, -0.25) is 4.90 Å². The molecule has 6 nitrogen and oxygen atoms in total. The molecular formula is C31H35NO5. The largest absolute Gasteiger partial charge is 0.467 e. The van der Waals surface area contributed by atoms with Crippen LogP contribution in [0.5, 0.6) is 0 Å². The number of methoxy groups -OCH3 is 1. The highest BCUT2D eigenvalue weighted by Crippen LogP contribution is 2.44. The quantitative estimate of drug-likeness (QED) is 0.309. The molecule has 1 fully saturated rings. The number of likely N-dealkylation sites (tertiary alicyclic amines) is 1. The summed E-state index contributed by atoms with van der Waals surface area (Å²) in [4.78, 5) is 27.7. The van der Waals surface area contributed by atoms with Crippen LogP contribution in [0.3, 0.4) is 0 Å². The minimum absolute atomic E-state index is 0.175. The number of ether oxygens (including phenoxy) is 3. The van der Waals surface area contributed by atoms with Gasteiger partial charge in [0.2, 0.25) is 0 Å². The van der Waals surface area contributed by atoms with Crippen molar-refractivity contribution in [2.75, 3.05) is 13.7 Å². The van der Waals surface area contributed by atoms with E-state index >= 15 is 0 Å². The van der Waals surface area contributed by atoms with Crippen LogP contribution >= 0.6 is 0 Å². The van der Waals surface area contributed by atoms with E-state index in [1.807, 2.05) is 91.0 Å². The summed E-state index contributed by atoms with van der Waals surface area (Å²) in [6, 6.07) is 30.1. The van der Waals surface area contributed by atoms with Crippen LogP contribution in [0.4, 0.5) is 4.79 Å². The number of nitrogens with zero attached hydrogens (tertiary/aromatic N) is 1. The molecule has 2 atom stereocenters. The van der Waals surface area contributed by atoms with E-state index in [0.717, 1.165) is 16.7 Å². The number of rotatable bonds is 6. The molecule has 0 aromatic heterocycles. The summed E-state index contributed by atoms with van der Waals surface area (Å²) in [5.74, 6) is -0.505. The van der Waals surface area contributed by atoms with Crippen molar-refractivity contribution in [1.29, 1.82) is 0 Å². The normalized spacial score (nSPS) is 19.9. The standard InChI is InChI=1S/C31H35NO5/c1-29(2,3)37-28(34)32-22-26(21-30(32,4)27(33)35-5)36-31(23-15-9-6-10-16-23,24-17-11-7-12-18-24)25-19-13-8-14-20-25/h6-20,26H,21-22H2,1-5H3/t26-,30-/m1/s1. The van der Waals surface area contributed by atoms with Crippen molar-refractivity contribution in [2.24, 2.45) is 0 Å². The molecule has 0 saturated carbocycles. The number of hydrogen-bond acceptors (Lipinski definition) is 5. The molecule has 3 aromatic carbocycles. The molecule has 1 saturated heterocycles. The van der Waals surface area contributed by atoms with Gasteiger partial charge in [0.05, 0.1) is 19.8 Å². The fraction of sp³-hybridized carbons (Fsp3) is 0.355. The minimum atomic E-state index is -1.24. The second kappa shape index (κ2) is 10.4. The van der Waals surface area contributed by atoms with Gasteiger partial charge >= 0.3 is 12.1 Å². The molecule has 1 aliphatic rings. The van der Waals surface area contributed by atoms with Gasteiger partial charge in [-0.05, 0) is 44.4 Å². The molecule has 0 spiro atoms. The van der Waals surface area contributed by atoms with Gasteiger partial charge < -0.3 is 14.2 Å². The van der Waals surface area contributed by atoms with Crippen molar-refractivity contribution < 1.29 is 23.8 Å². The lowest BCUT2D eigenvalue weighted by Crippen LogP contribution is -2.52. The van der Waals surface area contributed by atoms with E-state index in [4.69, 9.17) is 14.2 Å². The summed E-state index contributed by atoms with van der Waals surface area (Å²) in [6.07, 6.45) is -0.804. The van der Waals surface area contributed by atoms with Crippen LogP contribution in [0, 0.1) is 0 Å². The third kappa shape index (κ3) is 5.25. The van der Waals surface area contributed by atoms with E-state index < -0.39 is 34.9 Å². The van der Waals surface area contributed by atoms with Crippen molar-refractivity contribution in [2.45, 2.75) is 57.0 Å². The molecule has 194 valence electrons. The van der Waals surface area contributed by atoms with Crippen LogP contribution in [0.1, 0.15) is 50.8 Å². The first-order chi connectivity index (χ1) is 17.6. The Balaban J connectivity index is 1.83. The van der Waals surface area contributed by atoms with Crippen molar-refractivity contribution >= 4 is 12.1 Å². The second-order valence-electron chi connectivity index (χ2n) is 10.6. The molecule has 0 N–H and O–H groups in total. The second-order valence-corrected chi connectivity index (χ2v) is 10.6. The van der Waals surface area contributed by atoms with E-state index in [0.29, 0.717) is 0 Å². The van der Waals surface area contributed by atoms with Crippen molar-refractivity contribution in [1.82, 2.24) is 4.90 Å². The zero-order valence-electron chi connectivity index (χ0n) is 22.1. The van der Waals surface area contributed by atoms with Crippen molar-refractivity contribution in [3.05, 3.63) is 108 Å². The highest BCUT2D eigenvalue weighted by Gasteiger charge is 2.54. The summed E-state index contributed by atoms with van der Waals surface area (Å²) in [6.45, 7) is 7.29. The Labute approximate surface area is 219 Å². The molecule has 6 heteroatoms. The highest BCUT2D eigenvalue weighted by molar-refractivity contribution is 5.86. The van der Waals surface area contributed by atoms with Gasteiger partial charge in [0.1, 0.15) is 16.7 Å². The van der Waals surface area contributed by atoms with Gasteiger partial charge in [-0.25, -0.2) is 9.59 Å². The van der Waals surface area contributed by atoms with Gasteiger partial charge in [0.15, 0.2) is 0 Å². The first kappa shape index (κ1) is 26.4. The number of esters is 1. The third-order valence-corrected chi connectivity index (χ3v) is 6.73. The van der Waals surface area contributed by atoms with Gasteiger partial charge in [0, 0.05) is 6.42 Å². The molecular weight excluding hydrogens is 466 g/mol. The van der Waals surface area contributed by atoms with Gasteiger partial charge in [-0.15, -0.1) is 0 Å². The van der Waals surface area contributed by atoms with E-state index in [1.165, 1.54) is 12.0 Å². The lowest BCUT2D eigenvalue weighted by atomic mass is 9.79. The van der Waals surface area contributed by atoms with Crippen LogP contribution < -0.4 is 0 Å². The zero-order chi connectivity index (χ0) is 26.7. The molecule has 0 aliphatic carbocycles. The molecule has 0 unspecified atom stereocenters. The summed E-state index contributed by atoms with van der Waals surface area (Å²) in [5, 5.41) is 0. The van der Waals surface area contributed by atoms with Gasteiger partial charge in [-0.2, -0.15) is 0 Å². The van der Waals surface area contributed by atoms with Crippen molar-refractivity contribution in [3.8, 4) is 0 Å². The Morgan fingerprint density at radius 2 is 1.24 bits per heavy atom. The maximum atomic E-state index is 13.3. The van der Waals surface area contributed by atoms with E-state index in [1.54, 1.807) is 27.7 Å². The summed E-state index contributed by atoms with van der Waals surface area (Å²) in [7, 11) is 1.33. The topological polar surface area (TPSA) is 65.1 Å². The maximum absolute atomic E-state index is 13.3. The first-order valence-electron chi connectivity index (χ1n) is 12.5. The average molecular weight is 502 g/mol. The fourth-order valence-corrected chi connectivity index (χ4v) is 5.08. The predicted octanol–water partition coefficient (Wildman–Crippen LogP) is 5.94. The highest BCUT2D eigenvalue weighted by atomic mass is 16.6. The smallest absolute Gasteiger partial charge is 0.411 e. The molecule has 1 amide bonds. The number of carbonyl (C=O) groups excluding carboxylic acids is 2. The van der Waals surface area contributed by atoms with E-state index in [-0.39, 0.29) is 13.0 Å².